The molecular weight excluding hydrogens is 208 g/mol. The van der Waals surface area contributed by atoms with Crippen LogP contribution in [0.3, 0.4) is 0 Å². The van der Waals surface area contributed by atoms with Gasteiger partial charge in [-0.25, -0.2) is 4.79 Å². The standard InChI is InChI=1S/C11H18N2O3/c14-10(15)9-4-5-13(7-9)11(16)12-6-8-2-1-3-8/h8-9H,1-7H2,(H,12,16)(H,14,15). The molecule has 2 rings (SSSR count). The summed E-state index contributed by atoms with van der Waals surface area (Å²) in [5.74, 6) is -0.537. The van der Waals surface area contributed by atoms with Crippen LogP contribution in [-0.4, -0.2) is 41.6 Å². The Bertz CT molecular complexity index is 289. The van der Waals surface area contributed by atoms with E-state index >= 15 is 0 Å². The van der Waals surface area contributed by atoms with E-state index in [0.29, 0.717) is 25.4 Å². The van der Waals surface area contributed by atoms with Gasteiger partial charge in [-0.3, -0.25) is 4.79 Å². The van der Waals surface area contributed by atoms with Crippen LogP contribution in [0.1, 0.15) is 25.7 Å². The molecule has 0 spiro atoms. The van der Waals surface area contributed by atoms with Crippen LogP contribution < -0.4 is 5.32 Å². The molecule has 1 saturated heterocycles. The van der Waals surface area contributed by atoms with Crippen LogP contribution in [0.2, 0.25) is 0 Å². The van der Waals surface area contributed by atoms with Crippen LogP contribution in [0.4, 0.5) is 4.79 Å². The van der Waals surface area contributed by atoms with Crippen molar-refractivity contribution in [3.63, 3.8) is 0 Å². The first-order valence-corrected chi connectivity index (χ1v) is 5.92. The fraction of sp³-hybridized carbons (Fsp3) is 0.818. The summed E-state index contributed by atoms with van der Waals surface area (Å²) in [5.41, 5.74) is 0. The predicted molar refractivity (Wildman–Crippen MR) is 58.1 cm³/mol. The van der Waals surface area contributed by atoms with Crippen LogP contribution in [0, 0.1) is 11.8 Å². The van der Waals surface area contributed by atoms with E-state index in [0.717, 1.165) is 6.54 Å². The van der Waals surface area contributed by atoms with Crippen molar-refractivity contribution in [2.75, 3.05) is 19.6 Å². The second-order valence-electron chi connectivity index (χ2n) is 4.75. The van der Waals surface area contributed by atoms with Gasteiger partial charge in [0.2, 0.25) is 0 Å². The monoisotopic (exact) mass is 226 g/mol. The van der Waals surface area contributed by atoms with Gasteiger partial charge in [0.15, 0.2) is 0 Å². The summed E-state index contributed by atoms with van der Waals surface area (Å²) in [6.07, 6.45) is 4.26. The first-order valence-electron chi connectivity index (χ1n) is 5.92. The van der Waals surface area contributed by atoms with Gasteiger partial charge in [-0.05, 0) is 25.2 Å². The number of hydrogen-bond acceptors (Lipinski definition) is 2. The SMILES string of the molecule is O=C(O)C1CCN(C(=O)NCC2CCC2)C1. The van der Waals surface area contributed by atoms with Crippen molar-refractivity contribution >= 4 is 12.0 Å². The molecule has 0 aromatic carbocycles. The zero-order chi connectivity index (χ0) is 11.5. The number of carbonyl (C=O) groups is 2. The number of carboxylic acid groups (broad SMARTS) is 1. The second kappa shape index (κ2) is 4.72. The minimum atomic E-state index is -0.797. The predicted octanol–water partition coefficient (Wildman–Crippen LogP) is 0.903. The molecule has 0 aromatic rings. The molecular formula is C11H18N2O3. The molecule has 2 fully saturated rings. The number of nitrogens with zero attached hydrogens (tertiary/aromatic N) is 1. The summed E-state index contributed by atoms with van der Waals surface area (Å²) in [6.45, 7) is 1.66. The van der Waals surface area contributed by atoms with Crippen LogP contribution in [-0.2, 0) is 4.79 Å². The molecule has 1 atom stereocenters. The van der Waals surface area contributed by atoms with E-state index in [2.05, 4.69) is 5.32 Å². The Labute approximate surface area is 94.8 Å². The largest absolute Gasteiger partial charge is 0.481 e. The number of aliphatic carboxylic acids is 1. The van der Waals surface area contributed by atoms with E-state index in [1.807, 2.05) is 0 Å². The average molecular weight is 226 g/mol. The van der Waals surface area contributed by atoms with Gasteiger partial charge in [-0.2, -0.15) is 0 Å². The Balaban J connectivity index is 1.71. The lowest BCUT2D eigenvalue weighted by atomic mass is 9.85. The molecule has 0 radical (unpaired) electrons. The molecule has 1 aliphatic heterocycles. The minimum absolute atomic E-state index is 0.101. The van der Waals surface area contributed by atoms with Crippen LogP contribution >= 0.6 is 0 Å². The Morgan fingerprint density at radius 1 is 1.31 bits per heavy atom. The molecule has 2 amide bonds. The Kier molecular flexibility index (Phi) is 3.31. The maximum atomic E-state index is 11.7. The number of nitrogens with one attached hydrogen (secondary N) is 1. The summed E-state index contributed by atoms with van der Waals surface area (Å²) in [4.78, 5) is 24.0. The number of amides is 2. The Morgan fingerprint density at radius 3 is 2.56 bits per heavy atom. The fourth-order valence-electron chi connectivity index (χ4n) is 2.19. The van der Waals surface area contributed by atoms with Gasteiger partial charge in [0, 0.05) is 19.6 Å². The van der Waals surface area contributed by atoms with E-state index in [-0.39, 0.29) is 11.9 Å². The fourth-order valence-corrected chi connectivity index (χ4v) is 2.19. The van der Waals surface area contributed by atoms with Gasteiger partial charge in [0.25, 0.3) is 0 Å². The van der Waals surface area contributed by atoms with Crippen LogP contribution in [0.15, 0.2) is 0 Å². The van der Waals surface area contributed by atoms with E-state index in [1.54, 1.807) is 4.90 Å². The molecule has 1 saturated carbocycles. The third kappa shape index (κ3) is 2.46. The molecule has 1 unspecified atom stereocenters. The zero-order valence-corrected chi connectivity index (χ0v) is 9.32. The van der Waals surface area contributed by atoms with Crippen molar-refractivity contribution in [3.8, 4) is 0 Å². The summed E-state index contributed by atoms with van der Waals surface area (Å²) in [6, 6.07) is -0.101. The molecule has 2 N–H and O–H groups in total. The molecule has 1 aliphatic carbocycles. The van der Waals surface area contributed by atoms with Crippen LogP contribution in [0.25, 0.3) is 0 Å². The van der Waals surface area contributed by atoms with E-state index in [9.17, 15) is 9.59 Å². The van der Waals surface area contributed by atoms with Gasteiger partial charge >= 0.3 is 12.0 Å². The van der Waals surface area contributed by atoms with Crippen LogP contribution in [0.5, 0.6) is 0 Å². The lowest BCUT2D eigenvalue weighted by Gasteiger charge is -2.26. The highest BCUT2D eigenvalue weighted by Gasteiger charge is 2.31. The molecule has 0 bridgehead atoms. The highest BCUT2D eigenvalue weighted by molar-refractivity contribution is 5.77. The summed E-state index contributed by atoms with van der Waals surface area (Å²) in [5, 5.41) is 11.7. The second-order valence-corrected chi connectivity index (χ2v) is 4.75. The maximum absolute atomic E-state index is 11.7. The van der Waals surface area contributed by atoms with Gasteiger partial charge in [0.1, 0.15) is 0 Å². The highest BCUT2D eigenvalue weighted by atomic mass is 16.4. The quantitative estimate of drug-likeness (QED) is 0.751. The van der Waals surface area contributed by atoms with Crippen molar-refractivity contribution in [2.45, 2.75) is 25.7 Å². The molecule has 5 heteroatoms. The van der Waals surface area contributed by atoms with Gasteiger partial charge in [0.05, 0.1) is 5.92 Å². The Hall–Kier alpha value is -1.26. The molecule has 0 aromatic heterocycles. The van der Waals surface area contributed by atoms with Crippen molar-refractivity contribution < 1.29 is 14.7 Å². The topological polar surface area (TPSA) is 69.6 Å². The molecule has 5 nitrogen and oxygen atoms in total. The first-order chi connectivity index (χ1) is 7.66. The number of carbonyl (C=O) groups excluding carboxylic acids is 1. The third-order valence-electron chi connectivity index (χ3n) is 3.59. The van der Waals surface area contributed by atoms with Gasteiger partial charge in [-0.15, -0.1) is 0 Å². The minimum Gasteiger partial charge on any atom is -0.481 e. The van der Waals surface area contributed by atoms with E-state index in [1.165, 1.54) is 19.3 Å². The molecule has 16 heavy (non-hydrogen) atoms. The average Bonchev–Trinajstić information content (AvgIpc) is 2.63. The summed E-state index contributed by atoms with van der Waals surface area (Å²) < 4.78 is 0. The number of rotatable bonds is 3. The maximum Gasteiger partial charge on any atom is 0.317 e. The highest BCUT2D eigenvalue weighted by Crippen LogP contribution is 2.25. The van der Waals surface area contributed by atoms with E-state index in [4.69, 9.17) is 5.11 Å². The zero-order valence-electron chi connectivity index (χ0n) is 9.32. The molecule has 1 heterocycles. The number of hydrogen-bond donors (Lipinski definition) is 2. The van der Waals surface area contributed by atoms with Crippen molar-refractivity contribution in [3.05, 3.63) is 0 Å². The molecule has 90 valence electrons. The van der Waals surface area contributed by atoms with Crippen molar-refractivity contribution in [1.29, 1.82) is 0 Å². The third-order valence-corrected chi connectivity index (χ3v) is 3.59. The van der Waals surface area contributed by atoms with Gasteiger partial charge < -0.3 is 15.3 Å². The summed E-state index contributed by atoms with van der Waals surface area (Å²) in [7, 11) is 0. The smallest absolute Gasteiger partial charge is 0.317 e. The van der Waals surface area contributed by atoms with Gasteiger partial charge in [-0.1, -0.05) is 6.42 Å². The lowest BCUT2D eigenvalue weighted by molar-refractivity contribution is -0.141. The number of likely N-dealkylation sites (tertiary alicyclic amines) is 1. The number of urea groups is 1. The number of carboxylic acids is 1. The lowest BCUT2D eigenvalue weighted by Crippen LogP contribution is -2.41. The Morgan fingerprint density at radius 2 is 2.06 bits per heavy atom. The van der Waals surface area contributed by atoms with Crippen molar-refractivity contribution in [1.82, 2.24) is 10.2 Å². The molecule has 2 aliphatic rings. The first kappa shape index (κ1) is 11.2. The van der Waals surface area contributed by atoms with Crippen molar-refractivity contribution in [2.24, 2.45) is 11.8 Å². The normalized spacial score (nSPS) is 25.2. The summed E-state index contributed by atoms with van der Waals surface area (Å²) >= 11 is 0. The van der Waals surface area contributed by atoms with E-state index < -0.39 is 5.97 Å².